The Morgan fingerprint density at radius 3 is 2.41 bits per heavy atom. The molecule has 0 fully saturated rings. The number of aromatic nitrogens is 2. The molecule has 2 heterocycles. The number of nitrogens with one attached hydrogen (secondary N) is 1. The molecule has 6 nitrogen and oxygen atoms in total. The zero-order valence-corrected chi connectivity index (χ0v) is 16.6. The Balaban J connectivity index is 1.59. The molecule has 0 saturated carbocycles. The quantitative estimate of drug-likeness (QED) is 0.675. The maximum absolute atomic E-state index is 12.7. The standard InChI is InChI=1S/C23H24N4O2/c1-17-3-5-19(6-4-17)16-26-22(28)20-9-13-25-21(15-20)23(29)27(2)14-10-18-7-11-24-12-8-18/h3-9,11-13,15H,10,14,16H2,1-2H3,(H,26,28). The summed E-state index contributed by atoms with van der Waals surface area (Å²) in [6.07, 6.45) is 5.68. The van der Waals surface area contributed by atoms with Gasteiger partial charge in [-0.1, -0.05) is 29.8 Å². The molecule has 6 heteroatoms. The van der Waals surface area contributed by atoms with Crippen molar-refractivity contribution in [1.29, 1.82) is 0 Å². The highest BCUT2D eigenvalue weighted by Gasteiger charge is 2.15. The molecule has 0 unspecified atom stereocenters. The predicted octanol–water partition coefficient (Wildman–Crippen LogP) is 3.03. The number of amides is 2. The molecular weight excluding hydrogens is 364 g/mol. The number of pyridine rings is 2. The van der Waals surface area contributed by atoms with Gasteiger partial charge in [-0.25, -0.2) is 0 Å². The van der Waals surface area contributed by atoms with Crippen molar-refractivity contribution >= 4 is 11.8 Å². The van der Waals surface area contributed by atoms with E-state index in [-0.39, 0.29) is 17.5 Å². The topological polar surface area (TPSA) is 75.2 Å². The van der Waals surface area contributed by atoms with Gasteiger partial charge in [0.1, 0.15) is 5.69 Å². The van der Waals surface area contributed by atoms with Crippen molar-refractivity contribution in [3.05, 3.63) is 95.1 Å². The van der Waals surface area contributed by atoms with Crippen LogP contribution in [0, 0.1) is 6.92 Å². The third-order valence-electron chi connectivity index (χ3n) is 4.65. The number of benzene rings is 1. The summed E-state index contributed by atoms with van der Waals surface area (Å²) in [6.45, 7) is 3.00. The van der Waals surface area contributed by atoms with Crippen LogP contribution in [0.2, 0.25) is 0 Å². The van der Waals surface area contributed by atoms with Crippen molar-refractivity contribution in [3.8, 4) is 0 Å². The van der Waals surface area contributed by atoms with Crippen molar-refractivity contribution in [3.63, 3.8) is 0 Å². The summed E-state index contributed by atoms with van der Waals surface area (Å²) in [7, 11) is 1.73. The molecule has 0 atom stereocenters. The van der Waals surface area contributed by atoms with Crippen LogP contribution < -0.4 is 5.32 Å². The van der Waals surface area contributed by atoms with E-state index in [4.69, 9.17) is 0 Å². The van der Waals surface area contributed by atoms with Crippen molar-refractivity contribution < 1.29 is 9.59 Å². The van der Waals surface area contributed by atoms with Crippen LogP contribution in [0.15, 0.2) is 67.1 Å². The Morgan fingerprint density at radius 1 is 0.966 bits per heavy atom. The van der Waals surface area contributed by atoms with E-state index in [1.165, 1.54) is 17.8 Å². The Bertz CT molecular complexity index is 972. The predicted molar refractivity (Wildman–Crippen MR) is 111 cm³/mol. The first-order chi connectivity index (χ1) is 14.0. The Hall–Kier alpha value is -3.54. The molecule has 0 aliphatic carbocycles. The number of hydrogen-bond donors (Lipinski definition) is 1. The highest BCUT2D eigenvalue weighted by molar-refractivity contribution is 5.98. The molecule has 148 valence electrons. The van der Waals surface area contributed by atoms with Gasteiger partial charge in [-0.3, -0.25) is 19.6 Å². The van der Waals surface area contributed by atoms with Crippen LogP contribution in [0.1, 0.15) is 37.5 Å². The SMILES string of the molecule is Cc1ccc(CNC(=O)c2ccnc(C(=O)N(C)CCc3ccncc3)c2)cc1. The Morgan fingerprint density at radius 2 is 1.69 bits per heavy atom. The van der Waals surface area contributed by atoms with Gasteiger partial charge < -0.3 is 10.2 Å². The lowest BCUT2D eigenvalue weighted by atomic mass is 10.1. The van der Waals surface area contributed by atoms with Gasteiger partial charge in [0.15, 0.2) is 0 Å². The second-order valence-corrected chi connectivity index (χ2v) is 6.93. The van der Waals surface area contributed by atoms with Gasteiger partial charge in [-0.2, -0.15) is 0 Å². The summed E-state index contributed by atoms with van der Waals surface area (Å²) in [5.74, 6) is -0.450. The van der Waals surface area contributed by atoms with E-state index in [2.05, 4.69) is 15.3 Å². The third kappa shape index (κ3) is 5.72. The van der Waals surface area contributed by atoms with Crippen molar-refractivity contribution in [2.24, 2.45) is 0 Å². The lowest BCUT2D eigenvalue weighted by molar-refractivity contribution is 0.0791. The molecule has 1 N–H and O–H groups in total. The molecule has 0 aliphatic rings. The van der Waals surface area contributed by atoms with Gasteiger partial charge in [0.05, 0.1) is 0 Å². The maximum atomic E-state index is 12.7. The van der Waals surface area contributed by atoms with Crippen LogP contribution in [0.3, 0.4) is 0 Å². The molecule has 2 amide bonds. The number of likely N-dealkylation sites (N-methyl/N-ethyl adjacent to an activating group) is 1. The first-order valence-electron chi connectivity index (χ1n) is 9.47. The lowest BCUT2D eigenvalue weighted by Gasteiger charge is -2.17. The average Bonchev–Trinajstić information content (AvgIpc) is 2.77. The number of aryl methyl sites for hydroxylation is 1. The molecule has 0 spiro atoms. The van der Waals surface area contributed by atoms with Gasteiger partial charge in [-0.15, -0.1) is 0 Å². The fraction of sp³-hybridized carbons (Fsp3) is 0.217. The van der Waals surface area contributed by atoms with Crippen LogP contribution in [0.25, 0.3) is 0 Å². The third-order valence-corrected chi connectivity index (χ3v) is 4.65. The smallest absolute Gasteiger partial charge is 0.272 e. The van der Waals surface area contributed by atoms with Gasteiger partial charge in [0, 0.05) is 44.3 Å². The molecule has 3 rings (SSSR count). The van der Waals surface area contributed by atoms with E-state index < -0.39 is 0 Å². The van der Waals surface area contributed by atoms with Gasteiger partial charge in [-0.05, 0) is 48.7 Å². The van der Waals surface area contributed by atoms with E-state index in [1.54, 1.807) is 30.4 Å². The lowest BCUT2D eigenvalue weighted by Crippen LogP contribution is -2.30. The van der Waals surface area contributed by atoms with E-state index in [9.17, 15) is 9.59 Å². The number of carbonyl (C=O) groups excluding carboxylic acids is 2. The van der Waals surface area contributed by atoms with Crippen LogP contribution in [0.5, 0.6) is 0 Å². The van der Waals surface area contributed by atoms with Crippen molar-refractivity contribution in [2.45, 2.75) is 19.9 Å². The molecule has 2 aromatic heterocycles. The van der Waals surface area contributed by atoms with Crippen molar-refractivity contribution in [2.75, 3.05) is 13.6 Å². The average molecular weight is 388 g/mol. The van der Waals surface area contributed by atoms with E-state index in [1.807, 2.05) is 43.3 Å². The van der Waals surface area contributed by atoms with Crippen LogP contribution in [0.4, 0.5) is 0 Å². The summed E-state index contributed by atoms with van der Waals surface area (Å²) < 4.78 is 0. The highest BCUT2D eigenvalue weighted by Crippen LogP contribution is 2.08. The second-order valence-electron chi connectivity index (χ2n) is 6.93. The van der Waals surface area contributed by atoms with Crippen LogP contribution >= 0.6 is 0 Å². The summed E-state index contributed by atoms with van der Waals surface area (Å²) in [6, 6.07) is 15.0. The largest absolute Gasteiger partial charge is 0.348 e. The van der Waals surface area contributed by atoms with E-state index in [0.717, 1.165) is 17.5 Å². The number of carbonyl (C=O) groups is 2. The summed E-state index contributed by atoms with van der Waals surface area (Å²) in [5, 5.41) is 2.88. The van der Waals surface area contributed by atoms with E-state index >= 15 is 0 Å². The molecule has 0 bridgehead atoms. The number of rotatable bonds is 7. The molecule has 3 aromatic rings. The molecule has 1 aromatic carbocycles. The Labute approximate surface area is 170 Å². The Kier molecular flexibility index (Phi) is 6.68. The van der Waals surface area contributed by atoms with Crippen molar-refractivity contribution in [1.82, 2.24) is 20.2 Å². The van der Waals surface area contributed by atoms with Gasteiger partial charge in [0.2, 0.25) is 0 Å². The molecule has 0 saturated heterocycles. The molecular formula is C23H24N4O2. The number of hydrogen-bond acceptors (Lipinski definition) is 4. The maximum Gasteiger partial charge on any atom is 0.272 e. The highest BCUT2D eigenvalue weighted by atomic mass is 16.2. The molecule has 0 aliphatic heterocycles. The normalized spacial score (nSPS) is 10.4. The molecule has 29 heavy (non-hydrogen) atoms. The summed E-state index contributed by atoms with van der Waals surface area (Å²) in [5.41, 5.74) is 3.97. The molecule has 0 radical (unpaired) electrons. The summed E-state index contributed by atoms with van der Waals surface area (Å²) >= 11 is 0. The fourth-order valence-electron chi connectivity index (χ4n) is 2.82. The zero-order chi connectivity index (χ0) is 20.6. The number of nitrogens with zero attached hydrogens (tertiary/aromatic N) is 3. The summed E-state index contributed by atoms with van der Waals surface area (Å²) in [4.78, 5) is 34.9. The second kappa shape index (κ2) is 9.59. The van der Waals surface area contributed by atoms with Crippen LogP contribution in [-0.2, 0) is 13.0 Å². The van der Waals surface area contributed by atoms with Gasteiger partial charge in [0.25, 0.3) is 11.8 Å². The monoisotopic (exact) mass is 388 g/mol. The minimum atomic E-state index is -0.235. The first-order valence-corrected chi connectivity index (χ1v) is 9.47. The first kappa shape index (κ1) is 20.2. The minimum absolute atomic E-state index is 0.216. The zero-order valence-electron chi connectivity index (χ0n) is 16.6. The van der Waals surface area contributed by atoms with Gasteiger partial charge >= 0.3 is 0 Å². The van der Waals surface area contributed by atoms with E-state index in [0.29, 0.717) is 18.7 Å². The fourth-order valence-corrected chi connectivity index (χ4v) is 2.82. The minimum Gasteiger partial charge on any atom is -0.348 e. The van der Waals surface area contributed by atoms with Crippen LogP contribution in [-0.4, -0.2) is 40.3 Å².